The van der Waals surface area contributed by atoms with E-state index in [0.717, 1.165) is 48.2 Å². The molecule has 1 heterocycles. The number of nitrogens with one attached hydrogen (secondary N) is 2. The van der Waals surface area contributed by atoms with Crippen LogP contribution in [0.3, 0.4) is 0 Å². The summed E-state index contributed by atoms with van der Waals surface area (Å²) in [6, 6.07) is 3.95. The van der Waals surface area contributed by atoms with Gasteiger partial charge in [-0.05, 0) is 24.1 Å². The van der Waals surface area contributed by atoms with E-state index >= 15 is 0 Å². The van der Waals surface area contributed by atoms with Crippen LogP contribution in [0.1, 0.15) is 30.9 Å². The van der Waals surface area contributed by atoms with Crippen molar-refractivity contribution in [3.8, 4) is 5.75 Å². The number of amides is 2. The van der Waals surface area contributed by atoms with E-state index in [1.165, 1.54) is 5.56 Å². The van der Waals surface area contributed by atoms with Crippen molar-refractivity contribution < 1.29 is 9.53 Å². The van der Waals surface area contributed by atoms with Crippen LogP contribution in [0.25, 0.3) is 0 Å². The maximum atomic E-state index is 11.6. The summed E-state index contributed by atoms with van der Waals surface area (Å²) in [5.74, 6) is 0.928. The predicted molar refractivity (Wildman–Crippen MR) is 78.5 cm³/mol. The largest absolute Gasteiger partial charge is 0.493 e. The zero-order valence-electron chi connectivity index (χ0n) is 11.1. The Bertz CT molecular complexity index is 463. The lowest BCUT2D eigenvalue weighted by atomic mass is 10.1. The van der Waals surface area contributed by atoms with Crippen molar-refractivity contribution in [1.82, 2.24) is 10.6 Å². The molecule has 2 N–H and O–H groups in total. The van der Waals surface area contributed by atoms with Crippen LogP contribution in [0.2, 0.25) is 0 Å². The van der Waals surface area contributed by atoms with E-state index in [1.807, 2.05) is 6.07 Å². The lowest BCUT2D eigenvalue weighted by molar-refractivity contribution is 0.240. The Morgan fingerprint density at radius 3 is 3.05 bits per heavy atom. The fraction of sp³-hybridized carbons (Fsp3) is 0.500. The molecule has 5 heteroatoms. The lowest BCUT2D eigenvalue weighted by Gasteiger charge is -2.11. The number of rotatable bonds is 5. The van der Waals surface area contributed by atoms with Gasteiger partial charge in [0, 0.05) is 29.5 Å². The minimum atomic E-state index is -0.125. The molecule has 4 nitrogen and oxygen atoms in total. The molecule has 0 aliphatic carbocycles. The van der Waals surface area contributed by atoms with Crippen LogP contribution in [-0.4, -0.2) is 19.2 Å². The molecule has 0 radical (unpaired) electrons. The van der Waals surface area contributed by atoms with Crippen molar-refractivity contribution in [2.24, 2.45) is 0 Å². The summed E-state index contributed by atoms with van der Waals surface area (Å²) in [7, 11) is 0. The smallest absolute Gasteiger partial charge is 0.315 e. The predicted octanol–water partition coefficient (Wildman–Crippen LogP) is 2.98. The second-order valence-corrected chi connectivity index (χ2v) is 5.53. The number of hydrogen-bond donors (Lipinski definition) is 2. The first kappa shape index (κ1) is 14.2. The van der Waals surface area contributed by atoms with Crippen LogP contribution in [0.5, 0.6) is 5.75 Å². The van der Waals surface area contributed by atoms with Gasteiger partial charge in [0.15, 0.2) is 0 Å². The topological polar surface area (TPSA) is 50.4 Å². The Morgan fingerprint density at radius 1 is 1.42 bits per heavy atom. The number of halogens is 1. The maximum Gasteiger partial charge on any atom is 0.315 e. The van der Waals surface area contributed by atoms with E-state index in [1.54, 1.807) is 0 Å². The third-order valence-corrected chi connectivity index (χ3v) is 3.54. The monoisotopic (exact) mass is 326 g/mol. The zero-order valence-corrected chi connectivity index (χ0v) is 12.7. The summed E-state index contributed by atoms with van der Waals surface area (Å²) < 4.78 is 6.65. The van der Waals surface area contributed by atoms with E-state index < -0.39 is 0 Å². The standard InChI is InChI=1S/C14H19BrN2O2/c1-2-3-5-16-14(18)17-9-11-8-12(15)7-10-4-6-19-13(10)11/h7-8H,2-6,9H2,1H3,(H2,16,17,18). The number of carbonyl (C=O) groups is 1. The van der Waals surface area contributed by atoms with Gasteiger partial charge >= 0.3 is 6.03 Å². The Labute approximate surface area is 122 Å². The van der Waals surface area contributed by atoms with Crippen LogP contribution >= 0.6 is 15.9 Å². The van der Waals surface area contributed by atoms with Gasteiger partial charge in [-0.15, -0.1) is 0 Å². The molecule has 0 bridgehead atoms. The number of benzene rings is 1. The first-order valence-electron chi connectivity index (χ1n) is 6.66. The van der Waals surface area contributed by atoms with E-state index in [0.29, 0.717) is 6.54 Å². The van der Waals surface area contributed by atoms with Crippen molar-refractivity contribution in [2.75, 3.05) is 13.2 Å². The second kappa shape index (κ2) is 6.80. The van der Waals surface area contributed by atoms with E-state index in [9.17, 15) is 4.79 Å². The van der Waals surface area contributed by atoms with Crippen molar-refractivity contribution in [3.05, 3.63) is 27.7 Å². The molecule has 104 valence electrons. The van der Waals surface area contributed by atoms with Gasteiger partial charge in [-0.1, -0.05) is 29.3 Å². The van der Waals surface area contributed by atoms with E-state index in [4.69, 9.17) is 4.74 Å². The Kier molecular flexibility index (Phi) is 5.07. The molecule has 1 aliphatic heterocycles. The molecule has 1 aromatic carbocycles. The van der Waals surface area contributed by atoms with Crippen LogP contribution in [0.4, 0.5) is 4.79 Å². The summed E-state index contributed by atoms with van der Waals surface area (Å²) >= 11 is 3.49. The number of ether oxygens (including phenoxy) is 1. The quantitative estimate of drug-likeness (QED) is 0.817. The number of hydrogen-bond acceptors (Lipinski definition) is 2. The number of fused-ring (bicyclic) bond motifs is 1. The van der Waals surface area contributed by atoms with Gasteiger partial charge in [-0.3, -0.25) is 0 Å². The minimum absolute atomic E-state index is 0.125. The molecular weight excluding hydrogens is 308 g/mol. The number of carbonyl (C=O) groups excluding carboxylic acids is 1. The van der Waals surface area contributed by atoms with Crippen LogP contribution in [0, 0.1) is 0 Å². The maximum absolute atomic E-state index is 11.6. The zero-order chi connectivity index (χ0) is 13.7. The molecule has 0 saturated carbocycles. The van der Waals surface area contributed by atoms with Crippen molar-refractivity contribution in [3.63, 3.8) is 0 Å². The fourth-order valence-corrected chi connectivity index (χ4v) is 2.65. The lowest BCUT2D eigenvalue weighted by Crippen LogP contribution is -2.35. The van der Waals surface area contributed by atoms with Crippen molar-refractivity contribution in [2.45, 2.75) is 32.7 Å². The summed E-state index contributed by atoms with van der Waals surface area (Å²) in [4.78, 5) is 11.6. The average molecular weight is 327 g/mol. The first-order valence-corrected chi connectivity index (χ1v) is 7.45. The van der Waals surface area contributed by atoms with Gasteiger partial charge in [0.05, 0.1) is 6.61 Å². The van der Waals surface area contributed by atoms with Gasteiger partial charge in [0.1, 0.15) is 5.75 Å². The van der Waals surface area contributed by atoms with Gasteiger partial charge in [0.25, 0.3) is 0 Å². The van der Waals surface area contributed by atoms with Crippen LogP contribution in [0.15, 0.2) is 16.6 Å². The molecule has 1 aromatic rings. The first-order chi connectivity index (χ1) is 9.20. The number of unbranched alkanes of at least 4 members (excludes halogenated alkanes) is 1. The molecule has 19 heavy (non-hydrogen) atoms. The SMILES string of the molecule is CCCCNC(=O)NCc1cc(Br)cc2c1OCC2. The van der Waals surface area contributed by atoms with Gasteiger partial charge in [0.2, 0.25) is 0 Å². The van der Waals surface area contributed by atoms with Crippen LogP contribution in [-0.2, 0) is 13.0 Å². The molecular formula is C14H19BrN2O2. The van der Waals surface area contributed by atoms with Crippen molar-refractivity contribution >= 4 is 22.0 Å². The summed E-state index contributed by atoms with van der Waals surface area (Å²) in [6.45, 7) is 4.03. The third kappa shape index (κ3) is 3.86. The molecule has 0 saturated heterocycles. The summed E-state index contributed by atoms with van der Waals surface area (Å²) in [5, 5.41) is 5.70. The number of urea groups is 1. The van der Waals surface area contributed by atoms with E-state index in [-0.39, 0.29) is 6.03 Å². The molecule has 2 amide bonds. The molecule has 0 spiro atoms. The fourth-order valence-electron chi connectivity index (χ4n) is 2.09. The highest BCUT2D eigenvalue weighted by atomic mass is 79.9. The Morgan fingerprint density at radius 2 is 2.26 bits per heavy atom. The highest BCUT2D eigenvalue weighted by molar-refractivity contribution is 9.10. The van der Waals surface area contributed by atoms with Crippen molar-refractivity contribution in [1.29, 1.82) is 0 Å². The van der Waals surface area contributed by atoms with Gasteiger partial charge in [-0.2, -0.15) is 0 Å². The highest BCUT2D eigenvalue weighted by Gasteiger charge is 2.17. The average Bonchev–Trinajstić information content (AvgIpc) is 2.84. The molecule has 0 fully saturated rings. The van der Waals surface area contributed by atoms with E-state index in [2.05, 4.69) is 39.6 Å². The molecule has 0 aromatic heterocycles. The Hall–Kier alpha value is -1.23. The van der Waals surface area contributed by atoms with Crippen LogP contribution < -0.4 is 15.4 Å². The van der Waals surface area contributed by atoms with Gasteiger partial charge in [-0.25, -0.2) is 4.79 Å². The molecule has 1 aliphatic rings. The third-order valence-electron chi connectivity index (χ3n) is 3.08. The summed E-state index contributed by atoms with van der Waals surface area (Å²) in [5.41, 5.74) is 2.23. The van der Waals surface area contributed by atoms with Gasteiger partial charge < -0.3 is 15.4 Å². The highest BCUT2D eigenvalue weighted by Crippen LogP contribution is 2.32. The summed E-state index contributed by atoms with van der Waals surface area (Å²) in [6.07, 6.45) is 3.01. The molecule has 2 rings (SSSR count). The molecule has 0 atom stereocenters. The normalized spacial score (nSPS) is 12.7. The molecule has 0 unspecified atom stereocenters. The minimum Gasteiger partial charge on any atom is -0.493 e. The second-order valence-electron chi connectivity index (χ2n) is 4.61. The Balaban J connectivity index is 1.91.